The van der Waals surface area contributed by atoms with Gasteiger partial charge in [0.2, 0.25) is 0 Å². The maximum atomic E-state index is 13.5. The molecule has 0 aromatic heterocycles. The maximum absolute atomic E-state index is 13.5. The summed E-state index contributed by atoms with van der Waals surface area (Å²) in [4.78, 5) is 13.5. The molecule has 0 fully saturated rings. The number of ether oxygens (including phenoxy) is 2. The summed E-state index contributed by atoms with van der Waals surface area (Å²) in [6.45, 7) is 39.7. The molecule has 4 rings (SSSR count). The quantitative estimate of drug-likeness (QED) is 0.0810. The summed E-state index contributed by atoms with van der Waals surface area (Å²) in [5, 5.41) is 0. The van der Waals surface area contributed by atoms with Crippen LogP contribution in [0.1, 0.15) is 167 Å². The van der Waals surface area contributed by atoms with E-state index in [2.05, 4.69) is 147 Å². The van der Waals surface area contributed by atoms with Crippen molar-refractivity contribution >= 4 is 14.8 Å². The number of rotatable bonds is 12. The van der Waals surface area contributed by atoms with Gasteiger partial charge in [-0.2, -0.15) is 0 Å². The molecule has 0 aliphatic heterocycles. The van der Waals surface area contributed by atoms with E-state index < -0.39 is 20.4 Å². The maximum Gasteiger partial charge on any atom is 0.530 e. The van der Waals surface area contributed by atoms with Crippen molar-refractivity contribution in [3.05, 3.63) is 103 Å². The topological polar surface area (TPSA) is 63.2 Å². The van der Waals surface area contributed by atoms with Gasteiger partial charge in [-0.1, -0.05) is 79.7 Å². The van der Waals surface area contributed by atoms with Gasteiger partial charge in [0.05, 0.1) is 0 Å². The van der Waals surface area contributed by atoms with Crippen LogP contribution in [0.2, 0.25) is 0 Å². The minimum atomic E-state index is -2.10. The summed E-state index contributed by atoms with van der Waals surface area (Å²) in [7, 11) is -2.10. The Balaban J connectivity index is 2.11. The van der Waals surface area contributed by atoms with Crippen molar-refractivity contribution in [2.75, 3.05) is 0 Å². The van der Waals surface area contributed by atoms with E-state index in [4.69, 9.17) is 23.0 Å². The molecule has 0 heterocycles. The third-order valence-electron chi connectivity index (χ3n) is 10.7. The van der Waals surface area contributed by atoms with Crippen LogP contribution in [0.3, 0.4) is 0 Å². The molecule has 0 unspecified atom stereocenters. The normalized spacial score (nSPS) is 12.0. The Morgan fingerprint density at radius 3 is 1.20 bits per heavy atom. The second-order valence-corrected chi connectivity index (χ2v) is 18.8. The molecular formula is C49H67O6P. The molecular weight excluding hydrogens is 716 g/mol. The molecule has 56 heavy (non-hydrogen) atoms. The molecule has 6 nitrogen and oxygen atoms in total. The Hall–Kier alpha value is -4.02. The Kier molecular flexibility index (Phi) is 14.1. The van der Waals surface area contributed by atoms with E-state index in [1.54, 1.807) is 0 Å². The zero-order valence-electron chi connectivity index (χ0n) is 37.7. The first-order valence-corrected chi connectivity index (χ1v) is 21.3. The van der Waals surface area contributed by atoms with Crippen molar-refractivity contribution in [1.82, 2.24) is 0 Å². The summed E-state index contributed by atoms with van der Waals surface area (Å²) in [6.07, 6.45) is -0.749. The van der Waals surface area contributed by atoms with E-state index in [9.17, 15) is 4.79 Å². The van der Waals surface area contributed by atoms with E-state index in [1.165, 1.54) is 11.1 Å². The van der Waals surface area contributed by atoms with Crippen molar-refractivity contribution in [3.63, 3.8) is 0 Å². The van der Waals surface area contributed by atoms with Crippen molar-refractivity contribution in [1.29, 1.82) is 0 Å². The fraction of sp³-hybridized carbons (Fsp3) is 0.490. The molecule has 0 saturated carbocycles. The summed E-state index contributed by atoms with van der Waals surface area (Å²) in [6, 6.07) is 13.0. The summed E-state index contributed by atoms with van der Waals surface area (Å²) in [5.74, 6) is 3.13. The molecule has 7 heteroatoms. The van der Waals surface area contributed by atoms with Crippen molar-refractivity contribution in [2.24, 2.45) is 0 Å². The Bertz CT molecular complexity index is 2020. The molecule has 304 valence electrons. The summed E-state index contributed by atoms with van der Waals surface area (Å²) >= 11 is 0. The molecule has 0 spiro atoms. The number of benzene rings is 4. The van der Waals surface area contributed by atoms with Gasteiger partial charge in [-0.15, -0.1) is 0 Å². The van der Waals surface area contributed by atoms with Gasteiger partial charge >= 0.3 is 14.8 Å². The van der Waals surface area contributed by atoms with Crippen LogP contribution in [0.5, 0.6) is 23.0 Å². The van der Waals surface area contributed by atoms with Gasteiger partial charge in [0.15, 0.2) is 0 Å². The predicted molar refractivity (Wildman–Crippen MR) is 235 cm³/mol. The van der Waals surface area contributed by atoms with Crippen LogP contribution in [0.25, 0.3) is 11.1 Å². The largest absolute Gasteiger partial charge is 0.530 e. The van der Waals surface area contributed by atoms with Gasteiger partial charge < -0.3 is 23.0 Å². The van der Waals surface area contributed by atoms with E-state index in [0.29, 0.717) is 11.5 Å². The van der Waals surface area contributed by atoms with Crippen LogP contribution < -0.4 is 18.3 Å². The monoisotopic (exact) mass is 782 g/mol. The van der Waals surface area contributed by atoms with Gasteiger partial charge in [0.1, 0.15) is 28.6 Å². The van der Waals surface area contributed by atoms with Gasteiger partial charge in [0.25, 0.3) is 0 Å². The van der Waals surface area contributed by atoms with E-state index in [0.717, 1.165) is 78.3 Å². The minimum Gasteiger partial charge on any atom is -0.428 e. The van der Waals surface area contributed by atoms with Crippen LogP contribution in [-0.4, -0.2) is 11.8 Å². The first kappa shape index (κ1) is 44.7. The average Bonchev–Trinajstić information content (AvgIpc) is 3.06. The van der Waals surface area contributed by atoms with E-state index >= 15 is 0 Å². The smallest absolute Gasteiger partial charge is 0.428 e. The first-order chi connectivity index (χ1) is 25.9. The van der Waals surface area contributed by atoms with Gasteiger partial charge in [-0.3, -0.25) is 0 Å². The third kappa shape index (κ3) is 10.1. The molecule has 0 bridgehead atoms. The zero-order valence-corrected chi connectivity index (χ0v) is 38.6. The van der Waals surface area contributed by atoms with E-state index in [-0.39, 0.29) is 23.7 Å². The molecule has 0 aliphatic rings. The van der Waals surface area contributed by atoms with Crippen molar-refractivity contribution in [3.8, 4) is 34.1 Å². The number of hydrogen-bond acceptors (Lipinski definition) is 6. The Morgan fingerprint density at radius 2 is 0.821 bits per heavy atom. The van der Waals surface area contributed by atoms with Crippen LogP contribution >= 0.6 is 8.60 Å². The summed E-state index contributed by atoms with van der Waals surface area (Å²) < 4.78 is 33.5. The minimum absolute atomic E-state index is 0.0480. The lowest BCUT2D eigenvalue weighted by Gasteiger charge is -2.29. The number of hydrogen-bond donors (Lipinski definition) is 0. The zero-order chi connectivity index (χ0) is 42.1. The molecule has 0 amide bonds. The number of aryl methyl sites for hydroxylation is 6. The summed E-state index contributed by atoms with van der Waals surface area (Å²) in [5.41, 5.74) is 13.9. The SMILES string of the molecule is Cc1cc(OP(Oc2cc(C)c(C)cc2C(C)C)Oc2c(C(C)C)cc(C)c(C)c2-c2c(C)c(C)cc(C(C)C)c2OC(=O)OC(C)(C)C)c(C(C)C)cc1C. The van der Waals surface area contributed by atoms with Crippen LogP contribution in [-0.2, 0) is 4.74 Å². The molecule has 0 saturated heterocycles. The highest BCUT2D eigenvalue weighted by molar-refractivity contribution is 7.43. The number of carbonyl (C=O) groups is 1. The molecule has 4 aromatic rings. The lowest BCUT2D eigenvalue weighted by atomic mass is 9.84. The van der Waals surface area contributed by atoms with Crippen molar-refractivity contribution < 1.29 is 27.8 Å². The number of carbonyl (C=O) groups excluding carboxylic acids is 1. The van der Waals surface area contributed by atoms with Crippen LogP contribution in [0, 0.1) is 55.4 Å². The molecule has 0 aliphatic carbocycles. The second-order valence-electron chi connectivity index (χ2n) is 17.9. The Labute approximate surface area is 339 Å². The fourth-order valence-corrected chi connectivity index (χ4v) is 7.93. The highest BCUT2D eigenvalue weighted by atomic mass is 31.2. The molecule has 4 aromatic carbocycles. The molecule has 0 N–H and O–H groups in total. The lowest BCUT2D eigenvalue weighted by Crippen LogP contribution is -2.26. The van der Waals surface area contributed by atoms with Crippen LogP contribution in [0.15, 0.2) is 36.4 Å². The Morgan fingerprint density at radius 1 is 0.482 bits per heavy atom. The lowest BCUT2D eigenvalue weighted by molar-refractivity contribution is 0.0205. The second kappa shape index (κ2) is 17.6. The molecule has 0 radical (unpaired) electrons. The van der Waals surface area contributed by atoms with Crippen molar-refractivity contribution in [2.45, 2.75) is 161 Å². The van der Waals surface area contributed by atoms with Gasteiger partial charge in [0, 0.05) is 11.1 Å². The highest BCUT2D eigenvalue weighted by Gasteiger charge is 2.33. The van der Waals surface area contributed by atoms with Crippen LogP contribution in [0.4, 0.5) is 4.79 Å². The average molecular weight is 783 g/mol. The first-order valence-electron chi connectivity index (χ1n) is 20.2. The molecule has 0 atom stereocenters. The van der Waals surface area contributed by atoms with Gasteiger partial charge in [-0.05, 0) is 179 Å². The van der Waals surface area contributed by atoms with E-state index in [1.807, 2.05) is 20.8 Å². The standard InChI is InChI=1S/C49H67O6P/c1-26(2)38-20-30(9)32(11)24-42(38)53-56(54-43-25-33(12)31(10)21-39(43)27(3)4)55-47-41(29(7)8)23-35(14)37(16)45(47)44-36(15)34(13)22-40(28(5)6)46(44)51-48(50)52-49(17,18)19/h20-29H,1-19H3. The highest BCUT2D eigenvalue weighted by Crippen LogP contribution is 2.54. The fourth-order valence-electron chi connectivity index (χ4n) is 6.84. The third-order valence-corrected chi connectivity index (χ3v) is 11.8. The van der Waals surface area contributed by atoms with Gasteiger partial charge in [-0.25, -0.2) is 4.79 Å². The predicted octanol–water partition coefficient (Wildman–Crippen LogP) is 15.4.